The fourth-order valence-corrected chi connectivity index (χ4v) is 2.62. The van der Waals surface area contributed by atoms with Crippen LogP contribution in [0.1, 0.15) is 27.7 Å². The summed E-state index contributed by atoms with van der Waals surface area (Å²) in [6, 6.07) is -0.953. The fraction of sp³-hybridized carbons (Fsp3) is 0.714. The van der Waals surface area contributed by atoms with Gasteiger partial charge in [-0.05, 0) is 0 Å². The van der Waals surface area contributed by atoms with E-state index in [1.807, 2.05) is 0 Å². The molecule has 9 nitrogen and oxygen atoms in total. The summed E-state index contributed by atoms with van der Waals surface area (Å²) in [5.74, 6) is -2.33. The molecule has 0 aromatic carbocycles. The van der Waals surface area contributed by atoms with Crippen molar-refractivity contribution in [2.75, 3.05) is 6.61 Å². The highest BCUT2D eigenvalue weighted by atomic mass is 35.5. The van der Waals surface area contributed by atoms with Crippen LogP contribution in [-0.2, 0) is 38.1 Å². The number of alkyl halides is 1. The lowest BCUT2D eigenvalue weighted by Gasteiger charge is -2.43. The van der Waals surface area contributed by atoms with Crippen LogP contribution < -0.4 is 5.32 Å². The predicted octanol–water partition coefficient (Wildman–Crippen LogP) is -0.119. The molecule has 0 bridgehead atoms. The van der Waals surface area contributed by atoms with Crippen LogP contribution in [0, 0.1) is 0 Å². The fourth-order valence-electron chi connectivity index (χ4n) is 2.28. The van der Waals surface area contributed by atoms with E-state index in [1.54, 1.807) is 0 Å². The Bertz CT molecular complexity index is 511. The Morgan fingerprint density at radius 1 is 0.958 bits per heavy atom. The molecular formula is C14H20ClNO8. The highest BCUT2D eigenvalue weighted by Gasteiger charge is 2.50. The smallest absolute Gasteiger partial charge is 0.303 e. The summed E-state index contributed by atoms with van der Waals surface area (Å²) in [6.45, 7) is 4.51. The van der Waals surface area contributed by atoms with Crippen LogP contribution in [0.25, 0.3) is 0 Å². The summed E-state index contributed by atoms with van der Waals surface area (Å²) in [5.41, 5.74) is -1.09. The summed E-state index contributed by atoms with van der Waals surface area (Å²) in [4.78, 5) is 45.2. The van der Waals surface area contributed by atoms with Crippen molar-refractivity contribution in [1.29, 1.82) is 0 Å². The second kappa shape index (κ2) is 8.84. The first kappa shape index (κ1) is 20.2. The van der Waals surface area contributed by atoms with Crippen molar-refractivity contribution in [3.8, 4) is 0 Å². The molecule has 0 aliphatic carbocycles. The Balaban J connectivity index is 3.11. The standard InChI is InChI=1S/C14H20ClNO8/c1-6(17)16-11-13(23-9(4)20)12(22-8(3)19)10(24-14(11)15)5-21-7(2)18/h10-14H,5H2,1-4H3,(H,16,17)/t10-,11-,12+,13-,14+/m1/s1. The molecule has 0 spiro atoms. The first-order valence-corrected chi connectivity index (χ1v) is 7.60. The Hall–Kier alpha value is -1.87. The zero-order valence-corrected chi connectivity index (χ0v) is 14.5. The Morgan fingerprint density at radius 2 is 1.50 bits per heavy atom. The SMILES string of the molecule is CC(=O)N[C@@H]1[C@@H](OC(C)=O)[C@@H](OC(C)=O)[C@@H](COC(C)=O)O[C@@H]1Cl. The second-order valence-electron chi connectivity index (χ2n) is 5.20. The molecule has 5 atom stereocenters. The molecule has 1 heterocycles. The van der Waals surface area contributed by atoms with E-state index in [0.717, 1.165) is 13.8 Å². The number of halogens is 1. The molecule has 24 heavy (non-hydrogen) atoms. The van der Waals surface area contributed by atoms with E-state index in [4.69, 9.17) is 30.5 Å². The van der Waals surface area contributed by atoms with Crippen molar-refractivity contribution >= 4 is 35.4 Å². The van der Waals surface area contributed by atoms with Gasteiger partial charge in [-0.1, -0.05) is 11.6 Å². The molecule has 1 aliphatic heterocycles. The lowest BCUT2D eigenvalue weighted by atomic mass is 9.97. The number of carbonyl (C=O) groups excluding carboxylic acids is 4. The van der Waals surface area contributed by atoms with Gasteiger partial charge in [-0.25, -0.2) is 0 Å². The number of hydrogen-bond acceptors (Lipinski definition) is 8. The molecule has 136 valence electrons. The van der Waals surface area contributed by atoms with Gasteiger partial charge in [-0.15, -0.1) is 0 Å². The number of ether oxygens (including phenoxy) is 4. The first-order chi connectivity index (χ1) is 11.1. The van der Waals surface area contributed by atoms with Crippen molar-refractivity contribution in [1.82, 2.24) is 5.32 Å². The number of hydrogen-bond donors (Lipinski definition) is 1. The van der Waals surface area contributed by atoms with Gasteiger partial charge in [-0.3, -0.25) is 19.2 Å². The number of nitrogens with one attached hydrogen (secondary N) is 1. The third kappa shape index (κ3) is 5.97. The van der Waals surface area contributed by atoms with E-state index in [-0.39, 0.29) is 6.61 Å². The van der Waals surface area contributed by atoms with Crippen molar-refractivity contribution in [2.45, 2.75) is 57.6 Å². The normalized spacial score (nSPS) is 29.3. The quantitative estimate of drug-likeness (QED) is 0.407. The third-order valence-electron chi connectivity index (χ3n) is 3.06. The van der Waals surface area contributed by atoms with E-state index in [2.05, 4.69) is 5.32 Å². The van der Waals surface area contributed by atoms with Gasteiger partial charge in [0.05, 0.1) is 0 Å². The largest absolute Gasteiger partial charge is 0.463 e. The van der Waals surface area contributed by atoms with Gasteiger partial charge >= 0.3 is 17.9 Å². The van der Waals surface area contributed by atoms with Crippen LogP contribution >= 0.6 is 11.6 Å². The van der Waals surface area contributed by atoms with Gasteiger partial charge in [0.2, 0.25) is 5.91 Å². The number of esters is 3. The molecule has 0 aromatic rings. The monoisotopic (exact) mass is 365 g/mol. The van der Waals surface area contributed by atoms with Crippen molar-refractivity contribution in [3.05, 3.63) is 0 Å². The van der Waals surface area contributed by atoms with Gasteiger partial charge in [0, 0.05) is 27.7 Å². The van der Waals surface area contributed by atoms with E-state index >= 15 is 0 Å². The van der Waals surface area contributed by atoms with E-state index in [0.29, 0.717) is 0 Å². The molecule has 1 aliphatic rings. The molecule has 1 N–H and O–H groups in total. The number of amides is 1. The minimum absolute atomic E-state index is 0.263. The van der Waals surface area contributed by atoms with Gasteiger partial charge in [0.1, 0.15) is 18.8 Å². The average molecular weight is 366 g/mol. The Morgan fingerprint density at radius 3 is 1.96 bits per heavy atom. The predicted molar refractivity (Wildman–Crippen MR) is 79.9 cm³/mol. The maximum absolute atomic E-state index is 11.4. The molecular weight excluding hydrogens is 346 g/mol. The molecule has 1 saturated heterocycles. The molecule has 0 aromatic heterocycles. The van der Waals surface area contributed by atoms with Crippen molar-refractivity contribution in [2.24, 2.45) is 0 Å². The summed E-state index contributed by atoms with van der Waals surface area (Å²) in [5, 5.41) is 2.50. The average Bonchev–Trinajstić information content (AvgIpc) is 2.42. The molecule has 0 unspecified atom stereocenters. The molecule has 1 fully saturated rings. The van der Waals surface area contributed by atoms with Crippen molar-refractivity contribution in [3.63, 3.8) is 0 Å². The molecule has 1 amide bonds. The molecule has 0 radical (unpaired) electrons. The number of rotatable bonds is 5. The lowest BCUT2D eigenvalue weighted by Crippen LogP contribution is -2.64. The van der Waals surface area contributed by atoms with E-state index in [9.17, 15) is 19.2 Å². The zero-order valence-electron chi connectivity index (χ0n) is 13.7. The van der Waals surface area contributed by atoms with Gasteiger partial charge in [0.25, 0.3) is 0 Å². The summed E-state index contributed by atoms with van der Waals surface area (Å²) in [7, 11) is 0. The van der Waals surface area contributed by atoms with E-state index < -0.39 is 53.7 Å². The van der Waals surface area contributed by atoms with Crippen LogP contribution in [0.4, 0.5) is 0 Å². The molecule has 1 rings (SSSR count). The summed E-state index contributed by atoms with van der Waals surface area (Å²) < 4.78 is 20.7. The maximum atomic E-state index is 11.4. The minimum atomic E-state index is -1.11. The van der Waals surface area contributed by atoms with Crippen LogP contribution in [0.15, 0.2) is 0 Å². The molecule has 10 heteroatoms. The highest BCUT2D eigenvalue weighted by Crippen LogP contribution is 2.28. The Labute approximate surface area is 143 Å². The first-order valence-electron chi connectivity index (χ1n) is 7.16. The van der Waals surface area contributed by atoms with Gasteiger partial charge in [-0.2, -0.15) is 0 Å². The van der Waals surface area contributed by atoms with Crippen LogP contribution in [-0.4, -0.2) is 60.3 Å². The summed E-state index contributed by atoms with van der Waals surface area (Å²) in [6.07, 6.45) is -3.18. The van der Waals surface area contributed by atoms with Crippen molar-refractivity contribution < 1.29 is 38.1 Å². The van der Waals surface area contributed by atoms with E-state index in [1.165, 1.54) is 13.8 Å². The maximum Gasteiger partial charge on any atom is 0.303 e. The lowest BCUT2D eigenvalue weighted by molar-refractivity contribution is -0.212. The topological polar surface area (TPSA) is 117 Å². The Kier molecular flexibility index (Phi) is 7.43. The van der Waals surface area contributed by atoms with Crippen LogP contribution in [0.5, 0.6) is 0 Å². The summed E-state index contributed by atoms with van der Waals surface area (Å²) >= 11 is 6.11. The second-order valence-corrected chi connectivity index (χ2v) is 5.63. The molecule has 0 saturated carbocycles. The van der Waals surface area contributed by atoms with Gasteiger partial charge in [0.15, 0.2) is 17.8 Å². The zero-order chi connectivity index (χ0) is 18.4. The van der Waals surface area contributed by atoms with Crippen LogP contribution in [0.2, 0.25) is 0 Å². The third-order valence-corrected chi connectivity index (χ3v) is 3.43. The highest BCUT2D eigenvalue weighted by molar-refractivity contribution is 6.20. The van der Waals surface area contributed by atoms with Gasteiger partial charge < -0.3 is 24.3 Å². The minimum Gasteiger partial charge on any atom is -0.463 e. The van der Waals surface area contributed by atoms with Crippen LogP contribution in [0.3, 0.4) is 0 Å². The number of carbonyl (C=O) groups is 4.